The van der Waals surface area contributed by atoms with E-state index in [1.165, 1.54) is 0 Å². The van der Waals surface area contributed by atoms with Crippen LogP contribution in [0.2, 0.25) is 0 Å². The van der Waals surface area contributed by atoms with Crippen LogP contribution in [-0.2, 0) is 10.2 Å². The molecule has 0 atom stereocenters. The molecule has 146 valence electrons. The normalized spacial score (nSPS) is 21.1. The number of methoxy groups -OCH3 is 1. The summed E-state index contributed by atoms with van der Waals surface area (Å²) in [5, 5.41) is 20.3. The van der Waals surface area contributed by atoms with Crippen LogP contribution in [0, 0.1) is 0 Å². The van der Waals surface area contributed by atoms with E-state index in [2.05, 4.69) is 42.8 Å². The maximum absolute atomic E-state index is 5.51. The maximum Gasteiger partial charge on any atom is 0.148 e. The number of pyridine rings is 1. The van der Waals surface area contributed by atoms with Crippen molar-refractivity contribution >= 4 is 16.7 Å². The fourth-order valence-corrected chi connectivity index (χ4v) is 4.04. The summed E-state index contributed by atoms with van der Waals surface area (Å²) in [6.45, 7) is 0.749. The smallest absolute Gasteiger partial charge is 0.148 e. The summed E-state index contributed by atoms with van der Waals surface area (Å²) in [4.78, 5) is 4.59. The number of rotatable bonds is 6. The third kappa shape index (κ3) is 3.34. The standard InChI is InChI=1S/C22H22N6O/c1-29-17-11-22(12-17,20-4-2-3-9-23-20)14-24-21-8-7-18(27-28-21)15-5-6-19-16(10-15)13-25-26-19/h2-10,13,17H,11-12,14H2,1H3,(H,24,28)(H,25,26). The number of nitrogens with one attached hydrogen (secondary N) is 2. The molecule has 3 heterocycles. The Kier molecular flexibility index (Phi) is 4.44. The van der Waals surface area contributed by atoms with Crippen molar-refractivity contribution in [2.45, 2.75) is 24.4 Å². The fraction of sp³-hybridized carbons (Fsp3) is 0.273. The zero-order chi connectivity index (χ0) is 19.7. The zero-order valence-electron chi connectivity index (χ0n) is 16.2. The number of benzene rings is 1. The molecule has 1 fully saturated rings. The molecule has 3 aromatic heterocycles. The lowest BCUT2D eigenvalue weighted by atomic mass is 9.64. The van der Waals surface area contributed by atoms with E-state index < -0.39 is 0 Å². The summed E-state index contributed by atoms with van der Waals surface area (Å²) in [6, 6.07) is 16.1. The number of aromatic amines is 1. The van der Waals surface area contributed by atoms with Crippen LogP contribution < -0.4 is 5.32 Å². The Balaban J connectivity index is 1.31. The molecule has 4 aromatic rings. The van der Waals surface area contributed by atoms with Crippen LogP contribution in [0.25, 0.3) is 22.2 Å². The van der Waals surface area contributed by atoms with Gasteiger partial charge in [-0.3, -0.25) is 10.1 Å². The van der Waals surface area contributed by atoms with Gasteiger partial charge >= 0.3 is 0 Å². The molecule has 29 heavy (non-hydrogen) atoms. The van der Waals surface area contributed by atoms with Gasteiger partial charge in [0.2, 0.25) is 0 Å². The second-order valence-electron chi connectivity index (χ2n) is 7.59. The maximum atomic E-state index is 5.51. The van der Waals surface area contributed by atoms with Crippen LogP contribution in [0.4, 0.5) is 5.82 Å². The van der Waals surface area contributed by atoms with Gasteiger partial charge in [0, 0.05) is 41.9 Å². The highest BCUT2D eigenvalue weighted by Gasteiger charge is 2.46. The molecule has 0 aliphatic heterocycles. The van der Waals surface area contributed by atoms with Gasteiger partial charge in [0.25, 0.3) is 0 Å². The van der Waals surface area contributed by atoms with Gasteiger partial charge in [0.1, 0.15) is 5.82 Å². The highest BCUT2D eigenvalue weighted by molar-refractivity contribution is 5.83. The quantitative estimate of drug-likeness (QED) is 0.527. The SMILES string of the molecule is COC1CC(CNc2ccc(-c3ccc4[nH]ncc4c3)nn2)(c2ccccn2)C1. The van der Waals surface area contributed by atoms with Gasteiger partial charge in [-0.1, -0.05) is 12.1 Å². The summed E-state index contributed by atoms with van der Waals surface area (Å²) in [6.07, 6.45) is 5.84. The highest BCUT2D eigenvalue weighted by Crippen LogP contribution is 2.44. The van der Waals surface area contributed by atoms with Crippen LogP contribution in [0.3, 0.4) is 0 Å². The van der Waals surface area contributed by atoms with Crippen molar-refractivity contribution in [3.63, 3.8) is 0 Å². The Morgan fingerprint density at radius 3 is 2.83 bits per heavy atom. The summed E-state index contributed by atoms with van der Waals surface area (Å²) in [5.41, 5.74) is 3.92. The van der Waals surface area contributed by atoms with Crippen molar-refractivity contribution in [2.75, 3.05) is 19.0 Å². The molecule has 1 aliphatic rings. The summed E-state index contributed by atoms with van der Waals surface area (Å²) in [5.74, 6) is 0.759. The lowest BCUT2D eigenvalue weighted by Crippen LogP contribution is -2.50. The predicted molar refractivity (Wildman–Crippen MR) is 112 cm³/mol. The number of hydrogen-bond donors (Lipinski definition) is 2. The molecule has 1 saturated carbocycles. The van der Waals surface area contributed by atoms with Gasteiger partial charge in [-0.25, -0.2) is 0 Å². The number of anilines is 1. The van der Waals surface area contributed by atoms with E-state index in [1.807, 2.05) is 48.8 Å². The topological polar surface area (TPSA) is 88.6 Å². The van der Waals surface area contributed by atoms with Crippen LogP contribution >= 0.6 is 0 Å². The molecule has 0 amide bonds. The van der Waals surface area contributed by atoms with Gasteiger partial charge in [-0.2, -0.15) is 5.10 Å². The minimum absolute atomic E-state index is 0.0331. The van der Waals surface area contributed by atoms with Gasteiger partial charge in [0.15, 0.2) is 0 Å². The van der Waals surface area contributed by atoms with Gasteiger partial charge in [-0.15, -0.1) is 10.2 Å². The van der Waals surface area contributed by atoms with E-state index >= 15 is 0 Å². The largest absolute Gasteiger partial charge is 0.381 e. The fourth-order valence-electron chi connectivity index (χ4n) is 4.04. The highest BCUT2D eigenvalue weighted by atomic mass is 16.5. The van der Waals surface area contributed by atoms with Crippen molar-refractivity contribution in [3.8, 4) is 11.3 Å². The van der Waals surface area contributed by atoms with Crippen molar-refractivity contribution in [3.05, 3.63) is 66.6 Å². The van der Waals surface area contributed by atoms with Crippen LogP contribution in [0.15, 0.2) is 60.9 Å². The Morgan fingerprint density at radius 2 is 2.07 bits per heavy atom. The van der Waals surface area contributed by atoms with Crippen molar-refractivity contribution in [1.29, 1.82) is 0 Å². The minimum Gasteiger partial charge on any atom is -0.381 e. The molecule has 0 spiro atoms. The molecular formula is C22H22N6O. The third-order valence-electron chi connectivity index (χ3n) is 5.79. The van der Waals surface area contributed by atoms with E-state index in [0.717, 1.165) is 53.1 Å². The number of H-pyrrole nitrogens is 1. The zero-order valence-corrected chi connectivity index (χ0v) is 16.2. The van der Waals surface area contributed by atoms with Crippen LogP contribution in [0.1, 0.15) is 18.5 Å². The Labute approximate surface area is 168 Å². The molecule has 0 unspecified atom stereocenters. The summed E-state index contributed by atoms with van der Waals surface area (Å²) < 4.78 is 5.51. The molecule has 7 heteroatoms. The Morgan fingerprint density at radius 1 is 1.14 bits per heavy atom. The molecular weight excluding hydrogens is 364 g/mol. The van der Waals surface area contributed by atoms with Crippen molar-refractivity contribution in [2.24, 2.45) is 0 Å². The molecule has 2 N–H and O–H groups in total. The average Bonchev–Trinajstić information content (AvgIpc) is 3.22. The molecule has 1 aliphatic carbocycles. The first kappa shape index (κ1) is 17.8. The minimum atomic E-state index is -0.0331. The monoisotopic (exact) mass is 386 g/mol. The number of hydrogen-bond acceptors (Lipinski definition) is 6. The first-order valence-corrected chi connectivity index (χ1v) is 9.71. The molecule has 5 rings (SSSR count). The lowest BCUT2D eigenvalue weighted by Gasteiger charge is -2.46. The molecule has 7 nitrogen and oxygen atoms in total. The Bertz CT molecular complexity index is 1100. The van der Waals surface area contributed by atoms with E-state index in [0.29, 0.717) is 0 Å². The van der Waals surface area contributed by atoms with Crippen molar-refractivity contribution in [1.82, 2.24) is 25.4 Å². The molecule has 1 aromatic carbocycles. The second-order valence-corrected chi connectivity index (χ2v) is 7.59. The summed E-state index contributed by atoms with van der Waals surface area (Å²) >= 11 is 0. The first-order chi connectivity index (χ1) is 14.3. The van der Waals surface area contributed by atoms with Gasteiger partial charge < -0.3 is 10.1 Å². The Hall–Kier alpha value is -3.32. The van der Waals surface area contributed by atoms with E-state index in [9.17, 15) is 0 Å². The number of aromatic nitrogens is 5. The van der Waals surface area contributed by atoms with E-state index in [-0.39, 0.29) is 11.5 Å². The van der Waals surface area contributed by atoms with Crippen molar-refractivity contribution < 1.29 is 4.74 Å². The molecule has 0 bridgehead atoms. The number of ether oxygens (including phenoxy) is 1. The van der Waals surface area contributed by atoms with Gasteiger partial charge in [0.05, 0.1) is 23.5 Å². The number of nitrogens with zero attached hydrogens (tertiary/aromatic N) is 4. The molecule has 0 saturated heterocycles. The predicted octanol–water partition coefficient (Wildman–Crippen LogP) is 3.57. The average molecular weight is 386 g/mol. The number of fused-ring (bicyclic) bond motifs is 1. The third-order valence-corrected chi connectivity index (χ3v) is 5.79. The van der Waals surface area contributed by atoms with E-state index in [1.54, 1.807) is 7.11 Å². The van der Waals surface area contributed by atoms with E-state index in [4.69, 9.17) is 4.74 Å². The molecule has 0 radical (unpaired) electrons. The first-order valence-electron chi connectivity index (χ1n) is 9.71. The second kappa shape index (κ2) is 7.25. The summed E-state index contributed by atoms with van der Waals surface area (Å²) in [7, 11) is 1.77. The van der Waals surface area contributed by atoms with Crippen LogP contribution in [-0.4, -0.2) is 45.1 Å². The lowest BCUT2D eigenvalue weighted by molar-refractivity contribution is -0.0150. The van der Waals surface area contributed by atoms with Crippen LogP contribution in [0.5, 0.6) is 0 Å². The van der Waals surface area contributed by atoms with Gasteiger partial charge in [-0.05, 0) is 49.2 Å².